The first-order valence-corrected chi connectivity index (χ1v) is 13.2. The van der Waals surface area contributed by atoms with Crippen LogP contribution in [0.1, 0.15) is 92.6 Å². The fourth-order valence-corrected chi connectivity index (χ4v) is 3.63. The molecule has 0 aliphatic heterocycles. The highest BCUT2D eigenvalue weighted by Crippen LogP contribution is 2.36. The van der Waals surface area contributed by atoms with Gasteiger partial charge in [0.15, 0.2) is 11.5 Å². The fraction of sp³-hybridized carbons (Fsp3) is 0.655. The Morgan fingerprint density at radius 1 is 0.868 bits per heavy atom. The number of carboxylic acid groups (broad SMARTS) is 1. The van der Waals surface area contributed by atoms with E-state index in [2.05, 4.69) is 0 Å². The number of rotatable bonds is 14. The van der Waals surface area contributed by atoms with Crippen molar-refractivity contribution >= 4 is 23.9 Å². The maximum absolute atomic E-state index is 12.6. The highest BCUT2D eigenvalue weighted by atomic mass is 16.6. The van der Waals surface area contributed by atoms with Gasteiger partial charge in [-0.15, -0.1) is 0 Å². The normalized spacial score (nSPS) is 14.1. The van der Waals surface area contributed by atoms with Crippen LogP contribution in [0.15, 0.2) is 18.2 Å². The van der Waals surface area contributed by atoms with Crippen molar-refractivity contribution < 1.29 is 38.5 Å². The summed E-state index contributed by atoms with van der Waals surface area (Å²) in [4.78, 5) is 49.1. The molecule has 214 valence electrons. The number of esters is 3. The summed E-state index contributed by atoms with van der Waals surface area (Å²) in [6, 6.07) is 3.21. The van der Waals surface area contributed by atoms with Gasteiger partial charge in [0, 0.05) is 18.8 Å². The monoisotopic (exact) mass is 535 g/mol. The zero-order valence-corrected chi connectivity index (χ0v) is 24.0. The van der Waals surface area contributed by atoms with E-state index in [-0.39, 0.29) is 36.9 Å². The van der Waals surface area contributed by atoms with E-state index >= 15 is 0 Å². The van der Waals surface area contributed by atoms with Crippen molar-refractivity contribution in [1.82, 2.24) is 0 Å². The molecule has 0 bridgehead atoms. The Bertz CT molecular complexity index is 964. The van der Waals surface area contributed by atoms with Crippen LogP contribution in [0, 0.1) is 23.2 Å². The topological polar surface area (TPSA) is 142 Å². The van der Waals surface area contributed by atoms with Crippen LogP contribution in [-0.4, -0.2) is 41.6 Å². The SMILES string of the molecule is CC(C)CCC(=O)Oc1ccc(C(C(C)COC(=O)C(C)(C)C)[C@H](N)C(=O)O)cc1OC(=O)CCC(C)C. The standard InChI is InChI=1S/C29H45NO8/c1-17(2)9-13-23(31)37-21-12-11-20(15-22(21)38-24(32)14-10-18(3)4)25(26(30)27(33)34)19(5)16-36-28(35)29(6,7)8/h11-12,15,17-19,25-26H,9-10,13-14,16,30H2,1-8H3,(H,33,34)/t19?,25?,26-/m0/s1. The molecule has 0 saturated carbocycles. The smallest absolute Gasteiger partial charge is 0.321 e. The molecule has 9 heteroatoms. The summed E-state index contributed by atoms with van der Waals surface area (Å²) in [5.41, 5.74) is 5.80. The molecule has 0 aliphatic carbocycles. The third-order valence-corrected chi connectivity index (χ3v) is 6.03. The van der Waals surface area contributed by atoms with Crippen LogP contribution in [-0.2, 0) is 23.9 Å². The van der Waals surface area contributed by atoms with Crippen LogP contribution in [0.4, 0.5) is 0 Å². The summed E-state index contributed by atoms with van der Waals surface area (Å²) < 4.78 is 16.5. The summed E-state index contributed by atoms with van der Waals surface area (Å²) in [5, 5.41) is 9.70. The molecule has 0 spiro atoms. The van der Waals surface area contributed by atoms with Gasteiger partial charge in [-0.2, -0.15) is 0 Å². The minimum absolute atomic E-state index is 0.00984. The zero-order chi connectivity index (χ0) is 29.2. The first-order chi connectivity index (χ1) is 17.5. The Hall–Kier alpha value is -2.94. The molecule has 9 nitrogen and oxygen atoms in total. The summed E-state index contributed by atoms with van der Waals surface area (Å²) in [6.45, 7) is 14.8. The molecule has 0 heterocycles. The van der Waals surface area contributed by atoms with Crippen LogP contribution in [0.5, 0.6) is 11.5 Å². The molecule has 0 aliphatic rings. The van der Waals surface area contributed by atoms with Gasteiger partial charge in [-0.25, -0.2) is 0 Å². The highest BCUT2D eigenvalue weighted by molar-refractivity contribution is 5.77. The number of benzene rings is 1. The Labute approximate surface area is 226 Å². The van der Waals surface area contributed by atoms with Gasteiger partial charge in [-0.3, -0.25) is 19.2 Å². The van der Waals surface area contributed by atoms with Crippen LogP contribution < -0.4 is 15.2 Å². The fourth-order valence-electron chi connectivity index (χ4n) is 3.63. The predicted molar refractivity (Wildman–Crippen MR) is 144 cm³/mol. The third-order valence-electron chi connectivity index (χ3n) is 6.03. The van der Waals surface area contributed by atoms with E-state index in [1.54, 1.807) is 33.8 Å². The average molecular weight is 536 g/mol. The molecule has 2 unspecified atom stereocenters. The van der Waals surface area contributed by atoms with Crippen molar-refractivity contribution in [3.63, 3.8) is 0 Å². The average Bonchev–Trinajstić information content (AvgIpc) is 2.80. The van der Waals surface area contributed by atoms with Gasteiger partial charge in [-0.05, 0) is 69.1 Å². The number of ether oxygens (including phenoxy) is 3. The van der Waals surface area contributed by atoms with Gasteiger partial charge in [0.05, 0.1) is 12.0 Å². The maximum Gasteiger partial charge on any atom is 0.321 e. The van der Waals surface area contributed by atoms with Crippen molar-refractivity contribution in [2.75, 3.05) is 6.61 Å². The lowest BCUT2D eigenvalue weighted by Crippen LogP contribution is -2.41. The molecule has 1 aromatic carbocycles. The van der Waals surface area contributed by atoms with Gasteiger partial charge in [0.1, 0.15) is 6.04 Å². The lowest BCUT2D eigenvalue weighted by Gasteiger charge is -2.29. The number of carbonyl (C=O) groups excluding carboxylic acids is 3. The second kappa shape index (κ2) is 14.9. The van der Waals surface area contributed by atoms with Gasteiger partial charge in [0.2, 0.25) is 0 Å². The molecular weight excluding hydrogens is 490 g/mol. The van der Waals surface area contributed by atoms with Gasteiger partial charge in [0.25, 0.3) is 0 Å². The maximum atomic E-state index is 12.6. The number of nitrogens with two attached hydrogens (primary N) is 1. The summed E-state index contributed by atoms with van der Waals surface area (Å²) in [6.07, 6.45) is 1.62. The van der Waals surface area contributed by atoms with Gasteiger partial charge < -0.3 is 25.1 Å². The Morgan fingerprint density at radius 3 is 1.82 bits per heavy atom. The second-order valence-electron chi connectivity index (χ2n) is 11.7. The van der Waals surface area contributed by atoms with Crippen molar-refractivity contribution in [1.29, 1.82) is 0 Å². The number of aliphatic carboxylic acids is 1. The van der Waals surface area contributed by atoms with E-state index < -0.39 is 47.2 Å². The molecule has 0 aromatic heterocycles. The van der Waals surface area contributed by atoms with Crippen molar-refractivity contribution in [3.05, 3.63) is 23.8 Å². The van der Waals surface area contributed by atoms with E-state index in [9.17, 15) is 24.3 Å². The van der Waals surface area contributed by atoms with Crippen LogP contribution in [0.25, 0.3) is 0 Å². The molecule has 0 amide bonds. The lowest BCUT2D eigenvalue weighted by atomic mass is 9.82. The van der Waals surface area contributed by atoms with Crippen LogP contribution in [0.2, 0.25) is 0 Å². The first-order valence-electron chi connectivity index (χ1n) is 13.2. The summed E-state index contributed by atoms with van der Waals surface area (Å²) >= 11 is 0. The largest absolute Gasteiger partial charge is 0.480 e. The van der Waals surface area contributed by atoms with E-state index in [4.69, 9.17) is 19.9 Å². The Kier molecular flexibility index (Phi) is 12.9. The number of carboxylic acids is 1. The van der Waals surface area contributed by atoms with Crippen LogP contribution >= 0.6 is 0 Å². The highest BCUT2D eigenvalue weighted by Gasteiger charge is 2.33. The Balaban J connectivity index is 3.36. The van der Waals surface area contributed by atoms with Crippen molar-refractivity contribution in [2.45, 2.75) is 93.0 Å². The first kappa shape index (κ1) is 33.1. The molecular formula is C29H45NO8. The Morgan fingerprint density at radius 2 is 1.37 bits per heavy atom. The van der Waals surface area contributed by atoms with Gasteiger partial charge >= 0.3 is 23.9 Å². The molecule has 0 saturated heterocycles. The van der Waals surface area contributed by atoms with Crippen LogP contribution in [0.3, 0.4) is 0 Å². The number of carbonyl (C=O) groups is 4. The van der Waals surface area contributed by atoms with E-state index in [1.165, 1.54) is 12.1 Å². The van der Waals surface area contributed by atoms with E-state index in [0.29, 0.717) is 24.3 Å². The number of hydrogen-bond acceptors (Lipinski definition) is 8. The quantitative estimate of drug-likeness (QED) is 0.246. The van der Waals surface area contributed by atoms with Gasteiger partial charge in [-0.1, -0.05) is 40.7 Å². The molecule has 1 aromatic rings. The van der Waals surface area contributed by atoms with Crippen molar-refractivity contribution in [2.24, 2.45) is 28.9 Å². The van der Waals surface area contributed by atoms with E-state index in [0.717, 1.165) is 0 Å². The zero-order valence-electron chi connectivity index (χ0n) is 24.0. The van der Waals surface area contributed by atoms with E-state index in [1.807, 2.05) is 27.7 Å². The minimum Gasteiger partial charge on any atom is -0.480 e. The molecule has 0 radical (unpaired) electrons. The summed E-state index contributed by atoms with van der Waals surface area (Å²) in [7, 11) is 0. The second-order valence-corrected chi connectivity index (χ2v) is 11.7. The number of hydrogen-bond donors (Lipinski definition) is 2. The molecule has 3 atom stereocenters. The molecule has 0 fully saturated rings. The van der Waals surface area contributed by atoms with Crippen molar-refractivity contribution in [3.8, 4) is 11.5 Å². The molecule has 1 rings (SSSR count). The third kappa shape index (κ3) is 11.2. The molecule has 38 heavy (non-hydrogen) atoms. The lowest BCUT2D eigenvalue weighted by molar-refractivity contribution is -0.154. The summed E-state index contributed by atoms with van der Waals surface area (Å²) in [5.74, 6) is -3.23. The minimum atomic E-state index is -1.33. The molecule has 3 N–H and O–H groups in total. The predicted octanol–water partition coefficient (Wildman–Crippen LogP) is 5.09.